The van der Waals surface area contributed by atoms with Crippen molar-refractivity contribution in [3.63, 3.8) is 0 Å². The Hall–Kier alpha value is -2.95. The summed E-state index contributed by atoms with van der Waals surface area (Å²) in [6.45, 7) is 3.75. The maximum Gasteiger partial charge on any atom is 0.271 e. The second-order valence-corrected chi connectivity index (χ2v) is 4.55. The van der Waals surface area contributed by atoms with Crippen molar-refractivity contribution < 1.29 is 9.15 Å². The Morgan fingerprint density at radius 1 is 1.14 bits per heavy atom. The molecule has 106 valence electrons. The van der Waals surface area contributed by atoms with Crippen molar-refractivity contribution in [2.45, 2.75) is 0 Å². The summed E-state index contributed by atoms with van der Waals surface area (Å²) in [5.74, 6) is 2.11. The lowest BCUT2D eigenvalue weighted by Crippen LogP contribution is -2.32. The number of hydrogen-bond donors (Lipinski definition) is 2. The van der Waals surface area contributed by atoms with Crippen molar-refractivity contribution in [2.75, 3.05) is 7.11 Å². The lowest BCUT2D eigenvalue weighted by Gasteiger charge is -2.00. The number of ether oxygens (including phenoxy) is 1. The Morgan fingerprint density at radius 2 is 1.90 bits per heavy atom. The van der Waals surface area contributed by atoms with Crippen LogP contribution in [0.3, 0.4) is 0 Å². The molecule has 0 aliphatic carbocycles. The highest BCUT2D eigenvalue weighted by Crippen LogP contribution is 2.24. The van der Waals surface area contributed by atoms with Crippen molar-refractivity contribution in [2.24, 2.45) is 0 Å². The molecule has 5 nitrogen and oxygen atoms in total. The molecule has 0 saturated carbocycles. The van der Waals surface area contributed by atoms with E-state index in [-0.39, 0.29) is 5.56 Å². The van der Waals surface area contributed by atoms with E-state index in [2.05, 4.69) is 16.8 Å². The quantitative estimate of drug-likeness (QED) is 0.758. The number of hydrogen-bond acceptors (Lipinski definition) is 3. The van der Waals surface area contributed by atoms with Crippen LogP contribution in [0.5, 0.6) is 5.75 Å². The van der Waals surface area contributed by atoms with E-state index in [4.69, 9.17) is 9.15 Å². The third-order valence-electron chi connectivity index (χ3n) is 3.18. The van der Waals surface area contributed by atoms with E-state index in [0.717, 1.165) is 17.1 Å². The summed E-state index contributed by atoms with van der Waals surface area (Å²) in [7, 11) is 1.62. The first-order valence-corrected chi connectivity index (χ1v) is 6.39. The van der Waals surface area contributed by atoms with Crippen LogP contribution >= 0.6 is 0 Å². The molecule has 0 radical (unpaired) electrons. The number of furan rings is 1. The summed E-state index contributed by atoms with van der Waals surface area (Å²) in [6, 6.07) is 11.2. The lowest BCUT2D eigenvalue weighted by atomic mass is 10.2. The number of aromatic amines is 2. The first-order valence-electron chi connectivity index (χ1n) is 6.39. The topological polar surface area (TPSA) is 71.0 Å². The molecule has 2 heterocycles. The van der Waals surface area contributed by atoms with Gasteiger partial charge in [0.25, 0.3) is 5.56 Å². The summed E-state index contributed by atoms with van der Waals surface area (Å²) < 4.78 is 10.9. The molecular formula is C16H14N2O3. The predicted octanol–water partition coefficient (Wildman–Crippen LogP) is 1.21. The molecule has 1 aromatic carbocycles. The molecule has 0 unspecified atom stereocenters. The SMILES string of the molecule is C=c1[nH][nH]c(=O)/c1=C\c1ccc(-c2ccc(OC)cc2)o1. The van der Waals surface area contributed by atoms with Gasteiger partial charge in [0.05, 0.1) is 17.7 Å². The van der Waals surface area contributed by atoms with Gasteiger partial charge in [0.15, 0.2) is 0 Å². The average molecular weight is 282 g/mol. The molecule has 5 heteroatoms. The maximum absolute atomic E-state index is 11.6. The van der Waals surface area contributed by atoms with Crippen molar-refractivity contribution in [3.8, 4) is 17.1 Å². The molecule has 2 aromatic heterocycles. The maximum atomic E-state index is 11.6. The van der Waals surface area contributed by atoms with Gasteiger partial charge in [-0.05, 0) is 42.5 Å². The fourth-order valence-corrected chi connectivity index (χ4v) is 2.04. The van der Waals surface area contributed by atoms with Gasteiger partial charge in [-0.3, -0.25) is 15.0 Å². The first-order chi connectivity index (χ1) is 10.2. The predicted molar refractivity (Wildman–Crippen MR) is 80.4 cm³/mol. The van der Waals surface area contributed by atoms with Crippen LogP contribution in [-0.2, 0) is 0 Å². The molecule has 0 saturated heterocycles. The van der Waals surface area contributed by atoms with Crippen LogP contribution < -0.4 is 20.9 Å². The first kappa shape index (κ1) is 13.1. The Labute approximate surface area is 120 Å². The van der Waals surface area contributed by atoms with E-state index in [1.54, 1.807) is 13.2 Å². The van der Waals surface area contributed by atoms with E-state index in [1.165, 1.54) is 0 Å². The fourth-order valence-electron chi connectivity index (χ4n) is 2.04. The molecule has 0 spiro atoms. The van der Waals surface area contributed by atoms with Gasteiger partial charge in [0, 0.05) is 5.56 Å². The van der Waals surface area contributed by atoms with Gasteiger partial charge >= 0.3 is 0 Å². The monoisotopic (exact) mass is 282 g/mol. The standard InChI is InChI=1S/C16H14N2O3/c1-10-14(16(19)18-17-10)9-13-7-8-15(21-13)11-3-5-12(20-2)6-4-11/h3-9,17H,1H2,2H3,(H,18,19)/b14-9-. The van der Waals surface area contributed by atoms with Gasteiger partial charge < -0.3 is 9.15 Å². The van der Waals surface area contributed by atoms with Crippen LogP contribution in [0.25, 0.3) is 24.0 Å². The molecule has 3 aromatic rings. The summed E-state index contributed by atoms with van der Waals surface area (Å²) in [5, 5.41) is 6.14. The number of aromatic nitrogens is 2. The number of methoxy groups -OCH3 is 1. The largest absolute Gasteiger partial charge is 0.497 e. The number of benzene rings is 1. The van der Waals surface area contributed by atoms with E-state index in [9.17, 15) is 4.79 Å². The molecule has 21 heavy (non-hydrogen) atoms. The highest BCUT2D eigenvalue weighted by Gasteiger charge is 2.04. The van der Waals surface area contributed by atoms with Crippen LogP contribution in [0.15, 0.2) is 45.6 Å². The van der Waals surface area contributed by atoms with E-state index >= 15 is 0 Å². The molecule has 0 atom stereocenters. The molecular weight excluding hydrogens is 268 g/mol. The Kier molecular flexibility index (Phi) is 3.23. The molecule has 0 bridgehead atoms. The summed E-state index contributed by atoms with van der Waals surface area (Å²) in [4.78, 5) is 11.6. The van der Waals surface area contributed by atoms with Gasteiger partial charge in [0.2, 0.25) is 0 Å². The van der Waals surface area contributed by atoms with Crippen LogP contribution in [0, 0.1) is 0 Å². The Bertz CT molecular complexity index is 883. The minimum atomic E-state index is -0.220. The number of H-pyrrole nitrogens is 2. The minimum Gasteiger partial charge on any atom is -0.497 e. The second kappa shape index (κ2) is 5.20. The summed E-state index contributed by atoms with van der Waals surface area (Å²) in [5.41, 5.74) is 0.718. The molecule has 0 aliphatic rings. The molecule has 0 aliphatic heterocycles. The summed E-state index contributed by atoms with van der Waals surface area (Å²) in [6.07, 6.45) is 1.66. The van der Waals surface area contributed by atoms with Gasteiger partial charge in [-0.2, -0.15) is 0 Å². The number of nitrogens with one attached hydrogen (secondary N) is 2. The van der Waals surface area contributed by atoms with Gasteiger partial charge in [0.1, 0.15) is 17.3 Å². The lowest BCUT2D eigenvalue weighted by molar-refractivity contribution is 0.415. The van der Waals surface area contributed by atoms with Crippen molar-refractivity contribution in [1.82, 2.24) is 10.2 Å². The normalized spacial score (nSPS) is 11.8. The molecule has 3 rings (SSSR count). The van der Waals surface area contributed by atoms with Crippen LogP contribution in [0.1, 0.15) is 5.76 Å². The van der Waals surface area contributed by atoms with E-state index in [1.807, 2.05) is 36.4 Å². The smallest absolute Gasteiger partial charge is 0.271 e. The third-order valence-corrected chi connectivity index (χ3v) is 3.18. The van der Waals surface area contributed by atoms with Crippen LogP contribution in [0.2, 0.25) is 0 Å². The van der Waals surface area contributed by atoms with Crippen molar-refractivity contribution in [3.05, 3.63) is 63.1 Å². The fraction of sp³-hybridized carbons (Fsp3) is 0.0625. The van der Waals surface area contributed by atoms with Crippen LogP contribution in [-0.4, -0.2) is 17.3 Å². The van der Waals surface area contributed by atoms with Gasteiger partial charge in [-0.15, -0.1) is 0 Å². The summed E-state index contributed by atoms with van der Waals surface area (Å²) >= 11 is 0. The zero-order valence-electron chi connectivity index (χ0n) is 11.5. The molecule has 0 amide bonds. The second-order valence-electron chi connectivity index (χ2n) is 4.55. The van der Waals surface area contributed by atoms with Gasteiger partial charge in [-0.1, -0.05) is 6.58 Å². The number of rotatable bonds is 3. The van der Waals surface area contributed by atoms with E-state index < -0.39 is 0 Å². The van der Waals surface area contributed by atoms with Crippen molar-refractivity contribution >= 4 is 12.7 Å². The highest BCUT2D eigenvalue weighted by molar-refractivity contribution is 5.60. The van der Waals surface area contributed by atoms with Crippen molar-refractivity contribution in [1.29, 1.82) is 0 Å². The van der Waals surface area contributed by atoms with Crippen LogP contribution in [0.4, 0.5) is 0 Å². The molecule has 0 fully saturated rings. The third kappa shape index (κ3) is 2.53. The zero-order chi connectivity index (χ0) is 14.8. The average Bonchev–Trinajstić information content (AvgIpc) is 3.10. The van der Waals surface area contributed by atoms with E-state index in [0.29, 0.717) is 16.3 Å². The van der Waals surface area contributed by atoms with Gasteiger partial charge in [-0.25, -0.2) is 0 Å². The minimum absolute atomic E-state index is 0.220. The highest BCUT2D eigenvalue weighted by atomic mass is 16.5. The Morgan fingerprint density at radius 3 is 2.52 bits per heavy atom. The Balaban J connectivity index is 1.98. The molecule has 2 N–H and O–H groups in total. The zero-order valence-corrected chi connectivity index (χ0v) is 11.5.